The molecule has 1 heterocycles. The number of benzene rings is 3. The van der Waals surface area contributed by atoms with Gasteiger partial charge in [0.25, 0.3) is 0 Å². The number of hydrogen-bond acceptors (Lipinski definition) is 3. The smallest absolute Gasteiger partial charge is 0.205 e. The van der Waals surface area contributed by atoms with E-state index in [1.54, 1.807) is 0 Å². The van der Waals surface area contributed by atoms with Gasteiger partial charge < -0.3 is 4.90 Å². The fourth-order valence-corrected chi connectivity index (χ4v) is 4.75. The fourth-order valence-electron chi connectivity index (χ4n) is 3.32. The molecule has 3 aromatic carbocycles. The molecule has 0 unspecified atom stereocenters. The summed E-state index contributed by atoms with van der Waals surface area (Å²) in [6.07, 6.45) is 0. The van der Waals surface area contributed by atoms with Crippen LogP contribution in [0.25, 0.3) is 0 Å². The van der Waals surface area contributed by atoms with Crippen LogP contribution in [0.3, 0.4) is 0 Å². The van der Waals surface area contributed by atoms with Crippen LogP contribution in [0.1, 0.15) is 17.0 Å². The van der Waals surface area contributed by atoms with Crippen LogP contribution in [0.5, 0.6) is 0 Å². The molecule has 0 amide bonds. The molecule has 0 atom stereocenters. The van der Waals surface area contributed by atoms with Gasteiger partial charge in [-0.3, -0.25) is 4.79 Å². The third kappa shape index (κ3) is 2.90. The van der Waals surface area contributed by atoms with Crippen molar-refractivity contribution in [2.24, 2.45) is 0 Å². The minimum Gasteiger partial charge on any atom is -0.344 e. The summed E-state index contributed by atoms with van der Waals surface area (Å²) in [6.45, 7) is 0. The minimum absolute atomic E-state index is 0.139. The summed E-state index contributed by atoms with van der Waals surface area (Å²) >= 11 is 4.84. The van der Waals surface area contributed by atoms with Crippen molar-refractivity contribution >= 4 is 44.2 Å². The van der Waals surface area contributed by atoms with Crippen LogP contribution < -0.4 is 4.90 Å². The molecule has 3 aromatic rings. The lowest BCUT2D eigenvalue weighted by Gasteiger charge is -2.34. The van der Waals surface area contributed by atoms with Gasteiger partial charge >= 0.3 is 0 Å². The van der Waals surface area contributed by atoms with Gasteiger partial charge in [0.2, 0.25) is 5.12 Å². The van der Waals surface area contributed by atoms with E-state index in [1.807, 2.05) is 48.5 Å². The van der Waals surface area contributed by atoms with Crippen LogP contribution in [0.15, 0.2) is 82.2 Å². The second-order valence-electron chi connectivity index (χ2n) is 5.96. The molecule has 4 rings (SSSR count). The molecule has 0 N–H and O–H groups in total. The van der Waals surface area contributed by atoms with E-state index < -0.39 is 0 Å². The Morgan fingerprint density at radius 3 is 2.00 bits per heavy atom. The van der Waals surface area contributed by atoms with Crippen molar-refractivity contribution in [3.8, 4) is 0 Å². The molecule has 0 bridgehead atoms. The number of nitrogens with zero attached hydrogens (tertiary/aromatic N) is 1. The molecule has 0 spiro atoms. The Balaban J connectivity index is 1.80. The first kappa shape index (κ1) is 16.4. The summed E-state index contributed by atoms with van der Waals surface area (Å²) < 4.78 is 0.947. The Kier molecular flexibility index (Phi) is 4.40. The highest BCUT2D eigenvalue weighted by Crippen LogP contribution is 2.47. The van der Waals surface area contributed by atoms with Crippen molar-refractivity contribution < 1.29 is 4.79 Å². The molecule has 4 heteroatoms. The van der Waals surface area contributed by atoms with Gasteiger partial charge in [0, 0.05) is 27.8 Å². The molecule has 0 aliphatic carbocycles. The quantitative estimate of drug-likeness (QED) is 0.485. The van der Waals surface area contributed by atoms with Crippen LogP contribution in [-0.4, -0.2) is 12.2 Å². The van der Waals surface area contributed by atoms with Crippen molar-refractivity contribution in [1.29, 1.82) is 0 Å². The number of carbonyl (C=O) groups excluding carboxylic acids is 1. The largest absolute Gasteiger partial charge is 0.344 e. The third-order valence-corrected chi connectivity index (χ3v) is 6.47. The molecule has 124 valence electrons. The van der Waals surface area contributed by atoms with Crippen molar-refractivity contribution in [2.75, 3.05) is 11.9 Å². The first-order valence-corrected chi connectivity index (χ1v) is 9.65. The summed E-state index contributed by atoms with van der Waals surface area (Å²) in [4.78, 5) is 16.4. The number of para-hydroxylation sites is 2. The number of halogens is 1. The number of thioether (sulfide) groups is 1. The lowest BCUT2D eigenvalue weighted by atomic mass is 9.86. The zero-order chi connectivity index (χ0) is 17.4. The van der Waals surface area contributed by atoms with E-state index in [0.717, 1.165) is 31.9 Å². The molecule has 1 aliphatic rings. The van der Waals surface area contributed by atoms with Crippen LogP contribution in [0.4, 0.5) is 11.4 Å². The van der Waals surface area contributed by atoms with Gasteiger partial charge in [-0.15, -0.1) is 0 Å². The van der Waals surface area contributed by atoms with Crippen molar-refractivity contribution in [2.45, 2.75) is 10.8 Å². The lowest BCUT2D eigenvalue weighted by Crippen LogP contribution is -2.24. The van der Waals surface area contributed by atoms with Crippen molar-refractivity contribution in [3.05, 3.63) is 88.4 Å². The summed E-state index contributed by atoms with van der Waals surface area (Å²) in [6, 6.07) is 24.2. The highest BCUT2D eigenvalue weighted by molar-refractivity contribution is 9.10. The van der Waals surface area contributed by atoms with Crippen molar-refractivity contribution in [3.63, 3.8) is 0 Å². The first-order chi connectivity index (χ1) is 12.2. The van der Waals surface area contributed by atoms with E-state index in [1.165, 1.54) is 11.8 Å². The zero-order valence-corrected chi connectivity index (χ0v) is 16.0. The van der Waals surface area contributed by atoms with Gasteiger partial charge in [-0.05, 0) is 63.1 Å². The molecule has 1 aliphatic heterocycles. The Hall–Kier alpha value is -2.04. The van der Waals surface area contributed by atoms with Crippen LogP contribution >= 0.6 is 27.7 Å². The van der Waals surface area contributed by atoms with E-state index in [9.17, 15) is 4.79 Å². The molecule has 0 fully saturated rings. The van der Waals surface area contributed by atoms with Gasteiger partial charge in [-0.1, -0.05) is 48.5 Å². The molecule has 0 saturated carbocycles. The highest BCUT2D eigenvalue weighted by Gasteiger charge is 2.33. The lowest BCUT2D eigenvalue weighted by molar-refractivity contribution is -0.111. The Labute approximate surface area is 160 Å². The SMILES string of the molecule is CN1c2ccccc2C(C(=O)Sc2ccccc2Br)c2ccccc21. The molecule has 2 nitrogen and oxygen atoms in total. The van der Waals surface area contributed by atoms with Gasteiger partial charge in [0.1, 0.15) is 0 Å². The number of hydrogen-bond donors (Lipinski definition) is 0. The molecule has 0 saturated heterocycles. The van der Waals surface area contributed by atoms with Crippen LogP contribution in [0.2, 0.25) is 0 Å². The highest BCUT2D eigenvalue weighted by atomic mass is 79.9. The zero-order valence-electron chi connectivity index (χ0n) is 13.6. The fraction of sp³-hybridized carbons (Fsp3) is 0.0952. The summed E-state index contributed by atoms with van der Waals surface area (Å²) in [5, 5.41) is 0.139. The molecular weight excluding hydrogens is 394 g/mol. The molecule has 0 aromatic heterocycles. The second kappa shape index (κ2) is 6.70. The predicted molar refractivity (Wildman–Crippen MR) is 108 cm³/mol. The minimum atomic E-state index is -0.263. The predicted octanol–water partition coefficient (Wildman–Crippen LogP) is 5.98. The number of rotatable bonds is 2. The summed E-state index contributed by atoms with van der Waals surface area (Å²) in [7, 11) is 2.05. The normalized spacial score (nSPS) is 13.3. The molecule has 25 heavy (non-hydrogen) atoms. The maximum atomic E-state index is 13.3. The molecule has 0 radical (unpaired) electrons. The van der Waals surface area contributed by atoms with E-state index in [4.69, 9.17) is 0 Å². The van der Waals surface area contributed by atoms with Gasteiger partial charge in [-0.25, -0.2) is 0 Å². The third-order valence-electron chi connectivity index (χ3n) is 4.50. The average molecular weight is 410 g/mol. The number of carbonyl (C=O) groups is 1. The van der Waals surface area contributed by atoms with Crippen LogP contribution in [0, 0.1) is 0 Å². The van der Waals surface area contributed by atoms with E-state index in [2.05, 4.69) is 52.1 Å². The maximum absolute atomic E-state index is 13.3. The van der Waals surface area contributed by atoms with E-state index >= 15 is 0 Å². The van der Waals surface area contributed by atoms with Crippen LogP contribution in [-0.2, 0) is 4.79 Å². The Morgan fingerprint density at radius 2 is 1.40 bits per heavy atom. The Bertz CT molecular complexity index is 908. The number of anilines is 2. The molecular formula is C21H16BrNOS. The van der Waals surface area contributed by atoms with Gasteiger partial charge in [0.05, 0.1) is 5.92 Å². The van der Waals surface area contributed by atoms with Gasteiger partial charge in [-0.2, -0.15) is 0 Å². The Morgan fingerprint density at radius 1 is 0.880 bits per heavy atom. The monoisotopic (exact) mass is 409 g/mol. The average Bonchev–Trinajstić information content (AvgIpc) is 2.64. The summed E-state index contributed by atoms with van der Waals surface area (Å²) in [5.41, 5.74) is 4.31. The maximum Gasteiger partial charge on any atom is 0.205 e. The van der Waals surface area contributed by atoms with E-state index in [0.29, 0.717) is 0 Å². The first-order valence-electron chi connectivity index (χ1n) is 8.04. The standard InChI is InChI=1S/C21H16BrNOS/c1-23-17-11-5-2-8-14(17)20(15-9-3-6-12-18(15)23)21(24)25-19-13-7-4-10-16(19)22/h2-13,20H,1H3. The second-order valence-corrected chi connectivity index (χ2v) is 7.86. The summed E-state index contributed by atoms with van der Waals surface area (Å²) in [5.74, 6) is -0.263. The van der Waals surface area contributed by atoms with Crippen molar-refractivity contribution in [1.82, 2.24) is 0 Å². The number of fused-ring (bicyclic) bond motifs is 2. The van der Waals surface area contributed by atoms with Gasteiger partial charge in [0.15, 0.2) is 0 Å². The topological polar surface area (TPSA) is 20.3 Å². The van der Waals surface area contributed by atoms with E-state index in [-0.39, 0.29) is 11.0 Å².